The van der Waals surface area contributed by atoms with Gasteiger partial charge in [0.15, 0.2) is 6.10 Å². The lowest BCUT2D eigenvalue weighted by atomic mass is 9.97. The summed E-state index contributed by atoms with van der Waals surface area (Å²) in [5.41, 5.74) is 5.53. The van der Waals surface area contributed by atoms with Crippen molar-refractivity contribution in [3.8, 4) is 0 Å². The number of aliphatic hydroxyl groups is 1. The van der Waals surface area contributed by atoms with E-state index in [4.69, 9.17) is 0 Å². The van der Waals surface area contributed by atoms with Gasteiger partial charge in [0.25, 0.3) is 5.91 Å². The van der Waals surface area contributed by atoms with Crippen LogP contribution in [0, 0.1) is 20.8 Å². The van der Waals surface area contributed by atoms with Gasteiger partial charge in [0.2, 0.25) is 5.91 Å². The zero-order valence-corrected chi connectivity index (χ0v) is 25.6. The molecule has 4 N–H and O–H groups in total. The second-order valence-corrected chi connectivity index (χ2v) is 13.0. The van der Waals surface area contributed by atoms with Crippen molar-refractivity contribution in [3.63, 3.8) is 0 Å². The number of aryl methyl sites for hydroxylation is 3. The lowest BCUT2D eigenvalue weighted by molar-refractivity contribution is -0.147. The Hall–Kier alpha value is -3.82. The van der Waals surface area contributed by atoms with Crippen LogP contribution in [-0.2, 0) is 22.6 Å². The smallest absolute Gasteiger partial charge is 0.319 e. The molecule has 3 aromatic carbocycles. The summed E-state index contributed by atoms with van der Waals surface area (Å²) >= 11 is 1.48. The molecule has 1 heterocycles. The van der Waals surface area contributed by atoms with Gasteiger partial charge in [-0.2, -0.15) is 0 Å². The molecule has 0 saturated carbocycles. The van der Waals surface area contributed by atoms with Crippen molar-refractivity contribution in [2.45, 2.75) is 70.5 Å². The molecule has 0 aliphatic carbocycles. The number of aliphatic hydroxyl groups excluding tert-OH is 1. The van der Waals surface area contributed by atoms with Crippen molar-refractivity contribution < 1.29 is 19.5 Å². The van der Waals surface area contributed by atoms with Crippen LogP contribution in [-0.4, -0.2) is 56.7 Å². The fourth-order valence-electron chi connectivity index (χ4n) is 5.33. The number of benzene rings is 3. The summed E-state index contributed by atoms with van der Waals surface area (Å²) in [7, 11) is 0. The van der Waals surface area contributed by atoms with Crippen molar-refractivity contribution in [2.75, 3.05) is 11.2 Å². The number of anilines is 1. The molecular weight excluding hydrogens is 548 g/mol. The van der Waals surface area contributed by atoms with Crippen LogP contribution < -0.4 is 16.0 Å². The highest BCUT2D eigenvalue weighted by Crippen LogP contribution is 2.40. The van der Waals surface area contributed by atoms with Crippen molar-refractivity contribution in [3.05, 3.63) is 101 Å². The lowest BCUT2D eigenvalue weighted by Gasteiger charge is -2.33. The van der Waals surface area contributed by atoms with E-state index in [-0.39, 0.29) is 18.2 Å². The molecule has 3 aromatic rings. The van der Waals surface area contributed by atoms with Gasteiger partial charge in [-0.1, -0.05) is 60.7 Å². The molecule has 1 aliphatic heterocycles. The maximum atomic E-state index is 13.8. The lowest BCUT2D eigenvalue weighted by Crippen LogP contribution is -2.59. The Balaban J connectivity index is 1.52. The number of hydrogen-bond acceptors (Lipinski definition) is 5. The van der Waals surface area contributed by atoms with Crippen LogP contribution in [0.25, 0.3) is 0 Å². The van der Waals surface area contributed by atoms with Gasteiger partial charge in [-0.25, -0.2) is 4.79 Å². The monoisotopic (exact) mass is 588 g/mol. The van der Waals surface area contributed by atoms with E-state index >= 15 is 0 Å². The van der Waals surface area contributed by atoms with Gasteiger partial charge >= 0.3 is 6.03 Å². The number of urea groups is 1. The second kappa shape index (κ2) is 13.4. The molecule has 0 spiro atoms. The SMILES string of the molecule is Cc1cc(C)cc(NC(=O)N[C@@H](Cc2ccccc2)[C@H](O)C(=O)N2CSC(C)(C)[C@H]2C(=O)NCc2ccccc2C)c1. The minimum atomic E-state index is -1.57. The van der Waals surface area contributed by atoms with Gasteiger partial charge in [0.1, 0.15) is 6.04 Å². The number of amides is 4. The largest absolute Gasteiger partial charge is 0.381 e. The fourth-order valence-corrected chi connectivity index (χ4v) is 6.47. The van der Waals surface area contributed by atoms with E-state index in [0.29, 0.717) is 12.2 Å². The Labute approximate surface area is 252 Å². The summed E-state index contributed by atoms with van der Waals surface area (Å²) in [6, 6.07) is 20.6. The van der Waals surface area contributed by atoms with Crippen LogP contribution in [0.3, 0.4) is 0 Å². The normalized spacial score (nSPS) is 17.3. The first-order valence-electron chi connectivity index (χ1n) is 14.1. The average molecular weight is 589 g/mol. The summed E-state index contributed by atoms with van der Waals surface area (Å²) in [5.74, 6) is -0.635. The summed E-state index contributed by atoms with van der Waals surface area (Å²) in [4.78, 5) is 41.9. The zero-order valence-electron chi connectivity index (χ0n) is 24.8. The molecule has 42 heavy (non-hydrogen) atoms. The van der Waals surface area contributed by atoms with Crippen LogP contribution in [0.15, 0.2) is 72.8 Å². The van der Waals surface area contributed by atoms with E-state index in [1.807, 2.05) is 107 Å². The topological polar surface area (TPSA) is 111 Å². The number of thioether (sulfide) groups is 1. The minimum absolute atomic E-state index is 0.225. The highest BCUT2D eigenvalue weighted by Gasteiger charge is 2.49. The molecule has 8 nitrogen and oxygen atoms in total. The highest BCUT2D eigenvalue weighted by molar-refractivity contribution is 8.00. The van der Waals surface area contributed by atoms with Gasteiger partial charge in [0.05, 0.1) is 11.9 Å². The number of carbonyl (C=O) groups excluding carboxylic acids is 3. The van der Waals surface area contributed by atoms with Crippen LogP contribution in [0.2, 0.25) is 0 Å². The van der Waals surface area contributed by atoms with Crippen LogP contribution >= 0.6 is 11.8 Å². The third-order valence-corrected chi connectivity index (χ3v) is 8.89. The standard InChI is InChI=1S/C33H40N4O4S/c1-21-15-22(2)17-26(16-21)35-32(41)36-27(18-24-12-7-6-8-13-24)28(38)31(40)37-20-42-33(4,5)29(37)30(39)34-19-25-14-10-9-11-23(25)3/h6-17,27-29,38H,18-20H2,1-5H3,(H,34,39)(H2,35,36,41)/t27-,28-,29+/m0/s1. The second-order valence-electron chi connectivity index (χ2n) is 11.4. The minimum Gasteiger partial charge on any atom is -0.381 e. The van der Waals surface area contributed by atoms with Gasteiger partial charge in [-0.05, 0) is 81.0 Å². The van der Waals surface area contributed by atoms with E-state index < -0.39 is 34.9 Å². The molecule has 0 aromatic heterocycles. The molecule has 0 bridgehead atoms. The maximum Gasteiger partial charge on any atom is 0.319 e. The summed E-state index contributed by atoms with van der Waals surface area (Å²) in [5, 5.41) is 20.1. The molecule has 4 amide bonds. The van der Waals surface area contributed by atoms with Gasteiger partial charge < -0.3 is 26.0 Å². The first-order valence-corrected chi connectivity index (χ1v) is 15.1. The Morgan fingerprint density at radius 2 is 1.62 bits per heavy atom. The first-order chi connectivity index (χ1) is 19.9. The fraction of sp³-hybridized carbons (Fsp3) is 0.364. The molecule has 0 unspecified atom stereocenters. The molecule has 222 valence electrons. The third-order valence-electron chi connectivity index (χ3n) is 7.52. The van der Waals surface area contributed by atoms with Crippen molar-refractivity contribution >= 4 is 35.3 Å². The summed E-state index contributed by atoms with van der Waals surface area (Å²) < 4.78 is -0.575. The maximum absolute atomic E-state index is 13.8. The molecule has 1 fully saturated rings. The molecule has 9 heteroatoms. The van der Waals surface area contributed by atoms with E-state index in [0.717, 1.165) is 27.8 Å². The van der Waals surface area contributed by atoms with Crippen molar-refractivity contribution in [1.29, 1.82) is 0 Å². The number of nitrogens with one attached hydrogen (secondary N) is 3. The predicted octanol–water partition coefficient (Wildman–Crippen LogP) is 4.70. The zero-order chi connectivity index (χ0) is 30.4. The van der Waals surface area contributed by atoms with Crippen LogP contribution in [0.1, 0.15) is 41.7 Å². The van der Waals surface area contributed by atoms with E-state index in [1.165, 1.54) is 16.7 Å². The van der Waals surface area contributed by atoms with Crippen LogP contribution in [0.5, 0.6) is 0 Å². The summed E-state index contributed by atoms with van der Waals surface area (Å²) in [6.07, 6.45) is -1.35. The van der Waals surface area contributed by atoms with Gasteiger partial charge in [-0.15, -0.1) is 11.8 Å². The number of carbonyl (C=O) groups is 3. The number of rotatable bonds is 9. The van der Waals surface area contributed by atoms with E-state index in [9.17, 15) is 19.5 Å². The molecule has 1 saturated heterocycles. The molecule has 4 rings (SSSR count). The molecule has 1 aliphatic rings. The third kappa shape index (κ3) is 7.72. The van der Waals surface area contributed by atoms with Crippen molar-refractivity contribution in [2.24, 2.45) is 0 Å². The molecule has 3 atom stereocenters. The first kappa shape index (κ1) is 31.1. The predicted molar refractivity (Wildman–Crippen MR) is 168 cm³/mol. The Morgan fingerprint density at radius 1 is 0.976 bits per heavy atom. The van der Waals surface area contributed by atoms with E-state index in [1.54, 1.807) is 0 Å². The molecular formula is C33H40N4O4S. The average Bonchev–Trinajstić information content (AvgIpc) is 3.26. The quantitative estimate of drug-likeness (QED) is 0.290. The number of hydrogen-bond donors (Lipinski definition) is 4. The van der Waals surface area contributed by atoms with Gasteiger partial charge in [0, 0.05) is 17.0 Å². The van der Waals surface area contributed by atoms with Crippen molar-refractivity contribution in [1.82, 2.24) is 15.5 Å². The summed E-state index contributed by atoms with van der Waals surface area (Å²) in [6.45, 7) is 10.1. The Bertz CT molecular complexity index is 1410. The molecule has 0 radical (unpaired) electrons. The highest BCUT2D eigenvalue weighted by atomic mass is 32.2. The number of nitrogens with zero attached hydrogens (tertiary/aromatic N) is 1. The Kier molecular flexibility index (Phi) is 9.96. The Morgan fingerprint density at radius 3 is 2.29 bits per heavy atom. The van der Waals surface area contributed by atoms with E-state index in [2.05, 4.69) is 16.0 Å². The van der Waals surface area contributed by atoms with Crippen LogP contribution in [0.4, 0.5) is 10.5 Å². The van der Waals surface area contributed by atoms with Gasteiger partial charge in [-0.3, -0.25) is 9.59 Å².